The number of imide groups is 1. The van der Waals surface area contributed by atoms with E-state index in [4.69, 9.17) is 0 Å². The lowest BCUT2D eigenvalue weighted by Crippen LogP contribution is -2.51. The molecule has 0 saturated carbocycles. The zero-order chi connectivity index (χ0) is 24.5. The van der Waals surface area contributed by atoms with Crippen LogP contribution in [0, 0.1) is 34.3 Å². The number of hydrogen-bond donors (Lipinski definition) is 0. The minimum Gasteiger partial charge on any atom is -0.353 e. The van der Waals surface area contributed by atoms with Crippen LogP contribution >= 0.6 is 0 Å². The first kappa shape index (κ1) is 22.0. The van der Waals surface area contributed by atoms with E-state index in [1.807, 2.05) is 62.1 Å². The Balaban J connectivity index is 1.64. The first-order chi connectivity index (χ1) is 16.0. The summed E-state index contributed by atoms with van der Waals surface area (Å²) in [7, 11) is 0. The quantitative estimate of drug-likeness (QED) is 0.392. The Morgan fingerprint density at radius 1 is 1.00 bits per heavy atom. The van der Waals surface area contributed by atoms with Crippen molar-refractivity contribution in [2.45, 2.75) is 39.8 Å². The number of aryl methyl sites for hydroxylation is 1. The lowest BCUT2D eigenvalue weighted by atomic mass is 9.79. The predicted molar refractivity (Wildman–Crippen MR) is 127 cm³/mol. The summed E-state index contributed by atoms with van der Waals surface area (Å²) < 4.78 is 0. The Bertz CT molecular complexity index is 1290. The number of non-ortho nitro benzene ring substituents is 1. The molecule has 8 heteroatoms. The molecule has 3 aliphatic heterocycles. The fourth-order valence-electron chi connectivity index (χ4n) is 5.50. The number of nitrogens with zero attached hydrogens (tertiary/aromatic N) is 3. The van der Waals surface area contributed by atoms with Crippen molar-refractivity contribution in [2.24, 2.45) is 17.3 Å². The topological polar surface area (TPSA) is 101 Å². The number of benzene rings is 2. The highest BCUT2D eigenvalue weighted by molar-refractivity contribution is 6.25. The van der Waals surface area contributed by atoms with Gasteiger partial charge in [0.15, 0.2) is 5.78 Å². The van der Waals surface area contributed by atoms with E-state index in [0.29, 0.717) is 11.3 Å². The number of hydrogen-bond acceptors (Lipinski definition) is 6. The third-order valence-corrected chi connectivity index (χ3v) is 7.05. The minimum atomic E-state index is -0.838. The van der Waals surface area contributed by atoms with Gasteiger partial charge in [-0.3, -0.25) is 24.5 Å². The number of para-hydroxylation sites is 1. The zero-order valence-corrected chi connectivity index (χ0v) is 19.4. The number of carbonyl (C=O) groups is 3. The zero-order valence-electron chi connectivity index (χ0n) is 19.4. The van der Waals surface area contributed by atoms with Crippen molar-refractivity contribution in [3.8, 4) is 0 Å². The second kappa shape index (κ2) is 7.35. The fraction of sp³-hybridized carbons (Fsp3) is 0.346. The summed E-state index contributed by atoms with van der Waals surface area (Å²) in [6.07, 6.45) is 3.85. The van der Waals surface area contributed by atoms with E-state index in [-0.39, 0.29) is 17.4 Å². The van der Waals surface area contributed by atoms with Crippen LogP contribution < -0.4 is 9.80 Å². The average Bonchev–Trinajstić information content (AvgIpc) is 3.25. The van der Waals surface area contributed by atoms with Crippen LogP contribution in [0.2, 0.25) is 0 Å². The highest BCUT2D eigenvalue weighted by Crippen LogP contribution is 2.50. The average molecular weight is 460 g/mol. The number of anilines is 2. The molecule has 2 amide bonds. The highest BCUT2D eigenvalue weighted by Gasteiger charge is 2.65. The smallest absolute Gasteiger partial charge is 0.269 e. The molecule has 0 spiro atoms. The molecular weight excluding hydrogens is 434 g/mol. The van der Waals surface area contributed by atoms with Gasteiger partial charge in [0.25, 0.3) is 5.69 Å². The lowest BCUT2D eigenvalue weighted by Gasteiger charge is -2.38. The summed E-state index contributed by atoms with van der Waals surface area (Å²) in [6, 6.07) is 10.5. The summed E-state index contributed by atoms with van der Waals surface area (Å²) in [5.41, 5.74) is 1.72. The largest absolute Gasteiger partial charge is 0.353 e. The van der Waals surface area contributed by atoms with Crippen LogP contribution in [0.15, 0.2) is 48.5 Å². The molecule has 174 valence electrons. The van der Waals surface area contributed by atoms with E-state index in [2.05, 4.69) is 0 Å². The molecule has 2 aromatic rings. The molecule has 0 unspecified atom stereocenters. The molecule has 2 aromatic carbocycles. The van der Waals surface area contributed by atoms with Gasteiger partial charge < -0.3 is 4.90 Å². The van der Waals surface area contributed by atoms with Gasteiger partial charge in [-0.15, -0.1) is 0 Å². The maximum absolute atomic E-state index is 13.8. The normalized spacial score (nSPS) is 25.3. The van der Waals surface area contributed by atoms with Gasteiger partial charge in [0, 0.05) is 23.2 Å². The second-order valence-electron chi connectivity index (χ2n) is 10.2. The molecule has 3 aliphatic rings. The van der Waals surface area contributed by atoms with E-state index < -0.39 is 40.2 Å². The van der Waals surface area contributed by atoms with Gasteiger partial charge in [-0.2, -0.15) is 0 Å². The first-order valence-electron chi connectivity index (χ1n) is 11.2. The van der Waals surface area contributed by atoms with Gasteiger partial charge >= 0.3 is 0 Å². The third-order valence-electron chi connectivity index (χ3n) is 7.05. The number of amides is 2. The van der Waals surface area contributed by atoms with E-state index in [0.717, 1.165) is 16.2 Å². The Hall–Kier alpha value is -3.81. The minimum absolute atomic E-state index is 0.0986. The summed E-state index contributed by atoms with van der Waals surface area (Å²) in [6.45, 7) is 7.10. The van der Waals surface area contributed by atoms with Crippen LogP contribution in [0.4, 0.5) is 17.1 Å². The van der Waals surface area contributed by atoms with Crippen molar-refractivity contribution in [3.63, 3.8) is 0 Å². The van der Waals surface area contributed by atoms with Crippen molar-refractivity contribution in [2.75, 3.05) is 9.80 Å². The Morgan fingerprint density at radius 2 is 1.68 bits per heavy atom. The maximum atomic E-state index is 13.8. The van der Waals surface area contributed by atoms with Gasteiger partial charge in [-0.25, -0.2) is 4.90 Å². The van der Waals surface area contributed by atoms with Gasteiger partial charge in [0.05, 0.1) is 28.5 Å². The monoisotopic (exact) mass is 459 g/mol. The van der Waals surface area contributed by atoms with Crippen molar-refractivity contribution in [3.05, 3.63) is 69.8 Å². The first-order valence-corrected chi connectivity index (χ1v) is 11.2. The molecule has 4 atom stereocenters. The Labute approximate surface area is 197 Å². The summed E-state index contributed by atoms with van der Waals surface area (Å²) in [4.78, 5) is 55.0. The summed E-state index contributed by atoms with van der Waals surface area (Å²) in [5, 5.41) is 11.2. The molecule has 34 heavy (non-hydrogen) atoms. The van der Waals surface area contributed by atoms with Crippen molar-refractivity contribution in [1.82, 2.24) is 0 Å². The van der Waals surface area contributed by atoms with Crippen LogP contribution in [-0.2, 0) is 14.4 Å². The molecule has 0 bridgehead atoms. The predicted octanol–water partition coefficient (Wildman–Crippen LogP) is 3.91. The number of carbonyl (C=O) groups excluding carboxylic acids is 3. The van der Waals surface area contributed by atoms with Crippen LogP contribution in [0.3, 0.4) is 0 Å². The standard InChI is InChI=1S/C26H25N3O5/c1-14-13-16(29(33)34)10-12-17(14)28-24(31)20-19-11-9-15-7-5-6-8-18(15)27(19)22(21(20)25(28)32)23(30)26(2,3)4/h5-13,19-22H,1-4H3/t19-,20-,21-,22+/m1/s1. The number of nitro benzene ring substituents is 1. The number of ketones is 1. The second-order valence-corrected chi connectivity index (χ2v) is 10.2. The lowest BCUT2D eigenvalue weighted by molar-refractivity contribution is -0.384. The maximum Gasteiger partial charge on any atom is 0.269 e. The Morgan fingerprint density at radius 3 is 2.32 bits per heavy atom. The molecular formula is C26H25N3O5. The van der Waals surface area contributed by atoms with Crippen LogP contribution in [-0.4, -0.2) is 34.6 Å². The molecule has 0 aromatic heterocycles. The third kappa shape index (κ3) is 3.01. The van der Waals surface area contributed by atoms with Gasteiger partial charge in [-0.05, 0) is 30.2 Å². The molecule has 2 fully saturated rings. The number of rotatable bonds is 3. The SMILES string of the molecule is Cc1cc([N+](=O)[O-])ccc1N1C(=O)[C@@H]2[C@H](C1=O)[C@H]1C=Cc3ccccc3N1[C@@H]2C(=O)C(C)(C)C. The highest BCUT2D eigenvalue weighted by atomic mass is 16.6. The van der Waals surface area contributed by atoms with Crippen LogP contribution in [0.25, 0.3) is 6.08 Å². The van der Waals surface area contributed by atoms with Gasteiger partial charge in [0.2, 0.25) is 11.8 Å². The van der Waals surface area contributed by atoms with E-state index in [9.17, 15) is 24.5 Å². The molecule has 8 nitrogen and oxygen atoms in total. The molecule has 0 N–H and O–H groups in total. The number of fused-ring (bicyclic) bond motifs is 5. The van der Waals surface area contributed by atoms with Crippen LogP contribution in [0.1, 0.15) is 31.9 Å². The van der Waals surface area contributed by atoms with Gasteiger partial charge in [0.1, 0.15) is 6.04 Å². The van der Waals surface area contributed by atoms with Crippen molar-refractivity contribution < 1.29 is 19.3 Å². The summed E-state index contributed by atoms with van der Waals surface area (Å²) in [5.74, 6) is -2.47. The fourth-order valence-corrected chi connectivity index (χ4v) is 5.50. The van der Waals surface area contributed by atoms with Gasteiger partial charge in [-0.1, -0.05) is 51.1 Å². The number of nitro groups is 1. The Kier molecular flexibility index (Phi) is 4.76. The van der Waals surface area contributed by atoms with Crippen molar-refractivity contribution >= 4 is 40.7 Å². The molecule has 5 rings (SSSR count). The molecule has 2 saturated heterocycles. The van der Waals surface area contributed by atoms with E-state index >= 15 is 0 Å². The van der Waals surface area contributed by atoms with E-state index in [1.54, 1.807) is 6.92 Å². The van der Waals surface area contributed by atoms with Crippen LogP contribution in [0.5, 0.6) is 0 Å². The summed E-state index contributed by atoms with van der Waals surface area (Å²) >= 11 is 0. The molecule has 0 radical (unpaired) electrons. The molecule has 0 aliphatic carbocycles. The van der Waals surface area contributed by atoms with E-state index in [1.165, 1.54) is 18.2 Å². The number of Topliss-reactive ketones (excluding diaryl/α,β-unsaturated/α-hetero) is 1. The van der Waals surface area contributed by atoms with Crippen molar-refractivity contribution in [1.29, 1.82) is 0 Å². The molecule has 3 heterocycles.